The van der Waals surface area contributed by atoms with Gasteiger partial charge in [-0.15, -0.1) is 0 Å². The minimum atomic E-state index is -0.450. The number of benzene rings is 1. The lowest BCUT2D eigenvalue weighted by molar-refractivity contribution is -0.126. The summed E-state index contributed by atoms with van der Waals surface area (Å²) in [7, 11) is 0. The Balaban J connectivity index is 1.72. The van der Waals surface area contributed by atoms with Crippen molar-refractivity contribution in [3.63, 3.8) is 0 Å². The Morgan fingerprint density at radius 3 is 2.63 bits per heavy atom. The summed E-state index contributed by atoms with van der Waals surface area (Å²) >= 11 is 0. The van der Waals surface area contributed by atoms with Gasteiger partial charge in [0, 0.05) is 13.2 Å². The van der Waals surface area contributed by atoms with Crippen LogP contribution in [0.25, 0.3) is 0 Å². The molecule has 0 saturated carbocycles. The van der Waals surface area contributed by atoms with Crippen molar-refractivity contribution in [3.05, 3.63) is 41.1 Å². The Morgan fingerprint density at radius 2 is 1.96 bits per heavy atom. The van der Waals surface area contributed by atoms with Crippen molar-refractivity contribution in [2.45, 2.75) is 39.3 Å². The van der Waals surface area contributed by atoms with Gasteiger partial charge in [0.15, 0.2) is 0 Å². The van der Waals surface area contributed by atoms with E-state index in [1.54, 1.807) is 4.90 Å². The van der Waals surface area contributed by atoms with Crippen molar-refractivity contribution < 1.29 is 19.1 Å². The zero-order valence-corrected chi connectivity index (χ0v) is 16.1. The van der Waals surface area contributed by atoms with Gasteiger partial charge in [0.1, 0.15) is 5.75 Å². The summed E-state index contributed by atoms with van der Waals surface area (Å²) in [5.74, 6) is 0.723. The number of carbonyl (C=O) groups is 2. The molecule has 1 aromatic rings. The van der Waals surface area contributed by atoms with Crippen LogP contribution >= 0.6 is 0 Å². The molecule has 0 aromatic heterocycles. The first-order valence-corrected chi connectivity index (χ1v) is 9.43. The van der Waals surface area contributed by atoms with Crippen LogP contribution in [0.2, 0.25) is 0 Å². The molecule has 0 radical (unpaired) electrons. The summed E-state index contributed by atoms with van der Waals surface area (Å²) < 4.78 is 11.0. The number of amides is 3. The van der Waals surface area contributed by atoms with Crippen LogP contribution in [0.15, 0.2) is 35.5 Å². The molecule has 146 valence electrons. The number of nitrogens with one attached hydrogen (secondary N) is 2. The van der Waals surface area contributed by atoms with Crippen LogP contribution in [-0.4, -0.2) is 49.2 Å². The maximum absolute atomic E-state index is 12.9. The lowest BCUT2D eigenvalue weighted by Gasteiger charge is -2.25. The fourth-order valence-corrected chi connectivity index (χ4v) is 3.36. The van der Waals surface area contributed by atoms with Crippen molar-refractivity contribution in [1.29, 1.82) is 0 Å². The van der Waals surface area contributed by atoms with E-state index in [4.69, 9.17) is 9.47 Å². The van der Waals surface area contributed by atoms with Gasteiger partial charge < -0.3 is 25.0 Å². The summed E-state index contributed by atoms with van der Waals surface area (Å²) in [6, 6.07) is 6.75. The van der Waals surface area contributed by atoms with E-state index in [0.29, 0.717) is 37.6 Å². The molecule has 2 heterocycles. The Bertz CT molecular complexity index is 727. The number of ether oxygens (including phenoxy) is 2. The fourth-order valence-electron chi connectivity index (χ4n) is 3.36. The van der Waals surface area contributed by atoms with E-state index in [2.05, 4.69) is 10.6 Å². The predicted molar refractivity (Wildman–Crippen MR) is 101 cm³/mol. The number of rotatable bonds is 8. The molecule has 2 N–H and O–H groups in total. The highest BCUT2D eigenvalue weighted by molar-refractivity contribution is 6.01. The second kappa shape index (κ2) is 8.43. The fraction of sp³-hybridized carbons (Fsp3) is 0.500. The molecule has 3 amide bonds. The Hall–Kier alpha value is -2.54. The van der Waals surface area contributed by atoms with Crippen LogP contribution in [-0.2, 0) is 9.53 Å². The second-order valence-corrected chi connectivity index (χ2v) is 6.93. The maximum Gasteiger partial charge on any atom is 0.319 e. The van der Waals surface area contributed by atoms with Crippen LogP contribution in [0.3, 0.4) is 0 Å². The number of hydrogen-bond acceptors (Lipinski definition) is 4. The number of nitrogens with zero attached hydrogens (tertiary/aromatic N) is 1. The van der Waals surface area contributed by atoms with Gasteiger partial charge in [0.05, 0.1) is 36.6 Å². The molecule has 1 aromatic carbocycles. The lowest BCUT2D eigenvalue weighted by atomic mass is 9.96. The first kappa shape index (κ1) is 19.2. The van der Waals surface area contributed by atoms with Gasteiger partial charge in [-0.3, -0.25) is 4.79 Å². The molecule has 0 spiro atoms. The summed E-state index contributed by atoms with van der Waals surface area (Å²) in [5, 5.41) is 5.66. The molecule has 1 atom stereocenters. The smallest absolute Gasteiger partial charge is 0.319 e. The highest BCUT2D eigenvalue weighted by Crippen LogP contribution is 2.33. The third-order valence-electron chi connectivity index (χ3n) is 4.57. The van der Waals surface area contributed by atoms with Crippen LogP contribution in [0, 0.1) is 0 Å². The standard InChI is InChI=1S/C20H27N3O4/c1-4-26-15-8-6-14(7-9-15)18-17-16(21-20(25)22-18)12-23(19(17)24)10-5-11-27-13(2)3/h6-9,13,18H,4-5,10-12H2,1-3H3,(H2,21,22,25). The molecule has 7 nitrogen and oxygen atoms in total. The van der Waals surface area contributed by atoms with E-state index in [9.17, 15) is 9.59 Å². The zero-order valence-electron chi connectivity index (χ0n) is 16.1. The maximum atomic E-state index is 12.9. The van der Waals surface area contributed by atoms with Crippen LogP contribution in [0.5, 0.6) is 5.75 Å². The van der Waals surface area contributed by atoms with E-state index in [-0.39, 0.29) is 18.0 Å². The SMILES string of the molecule is CCOc1ccc(C2NC(=O)NC3=C2C(=O)N(CCCOC(C)C)C3)cc1. The Kier molecular flexibility index (Phi) is 6.01. The molecule has 3 rings (SSSR count). The Labute approximate surface area is 159 Å². The molecule has 2 aliphatic rings. The molecule has 0 saturated heterocycles. The normalized spacial score (nSPS) is 19.3. The van der Waals surface area contributed by atoms with Crippen molar-refractivity contribution in [1.82, 2.24) is 15.5 Å². The van der Waals surface area contributed by atoms with Crippen molar-refractivity contribution in [3.8, 4) is 5.75 Å². The summed E-state index contributed by atoms with van der Waals surface area (Å²) in [5.41, 5.74) is 2.16. The monoisotopic (exact) mass is 373 g/mol. The van der Waals surface area contributed by atoms with Gasteiger partial charge in [-0.1, -0.05) is 12.1 Å². The second-order valence-electron chi connectivity index (χ2n) is 6.93. The van der Waals surface area contributed by atoms with Gasteiger partial charge in [0.25, 0.3) is 5.91 Å². The van der Waals surface area contributed by atoms with E-state index < -0.39 is 6.04 Å². The number of urea groups is 1. The molecular formula is C20H27N3O4. The van der Waals surface area contributed by atoms with E-state index in [1.807, 2.05) is 45.0 Å². The summed E-state index contributed by atoms with van der Waals surface area (Å²) in [6.07, 6.45) is 0.942. The summed E-state index contributed by atoms with van der Waals surface area (Å²) in [6.45, 7) is 8.14. The van der Waals surface area contributed by atoms with Gasteiger partial charge in [-0.25, -0.2) is 4.79 Å². The van der Waals surface area contributed by atoms with Gasteiger partial charge in [0.2, 0.25) is 0 Å². The third-order valence-corrected chi connectivity index (χ3v) is 4.57. The van der Waals surface area contributed by atoms with E-state index in [0.717, 1.165) is 17.7 Å². The van der Waals surface area contributed by atoms with Crippen LogP contribution < -0.4 is 15.4 Å². The van der Waals surface area contributed by atoms with Gasteiger partial charge in [-0.2, -0.15) is 0 Å². The van der Waals surface area contributed by atoms with E-state index in [1.165, 1.54) is 0 Å². The molecule has 0 bridgehead atoms. The topological polar surface area (TPSA) is 79.9 Å². The van der Waals surface area contributed by atoms with Crippen LogP contribution in [0.4, 0.5) is 4.79 Å². The van der Waals surface area contributed by atoms with Crippen molar-refractivity contribution in [2.75, 3.05) is 26.3 Å². The highest BCUT2D eigenvalue weighted by Gasteiger charge is 2.40. The average Bonchev–Trinajstić information content (AvgIpc) is 2.94. The quantitative estimate of drug-likeness (QED) is 0.686. The molecule has 0 fully saturated rings. The minimum Gasteiger partial charge on any atom is -0.494 e. The lowest BCUT2D eigenvalue weighted by Crippen LogP contribution is -2.44. The van der Waals surface area contributed by atoms with E-state index >= 15 is 0 Å². The zero-order chi connectivity index (χ0) is 19.4. The molecule has 7 heteroatoms. The molecule has 2 aliphatic heterocycles. The third kappa shape index (κ3) is 4.42. The summed E-state index contributed by atoms with van der Waals surface area (Å²) in [4.78, 5) is 26.8. The molecule has 1 unspecified atom stereocenters. The Morgan fingerprint density at radius 1 is 1.22 bits per heavy atom. The van der Waals surface area contributed by atoms with Gasteiger partial charge in [-0.05, 0) is 44.9 Å². The minimum absolute atomic E-state index is 0.0408. The molecule has 27 heavy (non-hydrogen) atoms. The molecular weight excluding hydrogens is 346 g/mol. The number of hydrogen-bond donors (Lipinski definition) is 2. The van der Waals surface area contributed by atoms with Crippen molar-refractivity contribution in [2.24, 2.45) is 0 Å². The molecule has 0 aliphatic carbocycles. The largest absolute Gasteiger partial charge is 0.494 e. The predicted octanol–water partition coefficient (Wildman–Crippen LogP) is 2.35. The highest BCUT2D eigenvalue weighted by atomic mass is 16.5. The van der Waals surface area contributed by atoms with Crippen LogP contribution in [0.1, 0.15) is 38.8 Å². The first-order chi connectivity index (χ1) is 13.0. The average molecular weight is 373 g/mol. The van der Waals surface area contributed by atoms with Crippen molar-refractivity contribution >= 4 is 11.9 Å². The number of carbonyl (C=O) groups excluding carboxylic acids is 2. The first-order valence-electron chi connectivity index (χ1n) is 9.43. The van der Waals surface area contributed by atoms with Gasteiger partial charge >= 0.3 is 6.03 Å².